The second kappa shape index (κ2) is 13.7. The summed E-state index contributed by atoms with van der Waals surface area (Å²) in [7, 11) is -4.16. The third-order valence-electron chi connectivity index (χ3n) is 6.77. The summed E-state index contributed by atoms with van der Waals surface area (Å²) in [5.74, 6) is -0.840. The number of benzene rings is 3. The van der Waals surface area contributed by atoms with E-state index in [1.165, 1.54) is 23.1 Å². The van der Waals surface area contributed by atoms with Gasteiger partial charge < -0.3 is 10.2 Å². The molecule has 0 heterocycles. The molecule has 0 fully saturated rings. The molecule has 3 aromatic rings. The molecule has 0 aliphatic carbocycles. The van der Waals surface area contributed by atoms with E-state index in [0.29, 0.717) is 5.02 Å². The highest BCUT2D eigenvalue weighted by molar-refractivity contribution is 9.10. The smallest absolute Gasteiger partial charge is 0.264 e. The SMILES string of the molecule is CC[C@H](C)NC(=O)[C@@H](C)N(Cc1ccc(Br)cc1)C(=O)CN(c1ccc(C)c(Cl)c1)S(=O)(=O)c1ccc(C)cc1. The zero-order valence-corrected chi connectivity index (χ0v) is 26.5. The molecule has 2 atom stereocenters. The van der Waals surface area contributed by atoms with E-state index in [-0.39, 0.29) is 29.1 Å². The number of anilines is 1. The molecular formula is C30H35BrClN3O4S. The Kier molecular flexibility index (Phi) is 10.8. The summed E-state index contributed by atoms with van der Waals surface area (Å²) in [5.41, 5.74) is 2.73. The Labute approximate surface area is 250 Å². The van der Waals surface area contributed by atoms with Gasteiger partial charge in [-0.05, 0) is 81.6 Å². The minimum atomic E-state index is -4.16. The first-order chi connectivity index (χ1) is 18.8. The Morgan fingerprint density at radius 3 is 2.17 bits per heavy atom. The van der Waals surface area contributed by atoms with Crippen LogP contribution in [0.1, 0.15) is 43.9 Å². The van der Waals surface area contributed by atoms with E-state index in [1.807, 2.05) is 52.0 Å². The summed E-state index contributed by atoms with van der Waals surface area (Å²) in [4.78, 5) is 28.6. The zero-order chi connectivity index (χ0) is 29.6. The fourth-order valence-electron chi connectivity index (χ4n) is 3.94. The molecular weight excluding hydrogens is 614 g/mol. The van der Waals surface area contributed by atoms with Gasteiger partial charge in [0.2, 0.25) is 11.8 Å². The number of nitrogens with one attached hydrogen (secondary N) is 1. The largest absolute Gasteiger partial charge is 0.352 e. The number of carbonyl (C=O) groups excluding carboxylic acids is 2. The molecule has 0 radical (unpaired) electrons. The van der Waals surface area contributed by atoms with Crippen molar-refractivity contribution in [3.8, 4) is 0 Å². The van der Waals surface area contributed by atoms with Crippen molar-refractivity contribution in [1.82, 2.24) is 10.2 Å². The van der Waals surface area contributed by atoms with Crippen molar-refractivity contribution in [2.24, 2.45) is 0 Å². The number of hydrogen-bond donors (Lipinski definition) is 1. The van der Waals surface area contributed by atoms with Crippen molar-refractivity contribution in [3.63, 3.8) is 0 Å². The molecule has 3 rings (SSSR count). The topological polar surface area (TPSA) is 86.8 Å². The maximum atomic E-state index is 14.0. The summed E-state index contributed by atoms with van der Waals surface area (Å²) < 4.78 is 29.8. The van der Waals surface area contributed by atoms with Crippen molar-refractivity contribution in [2.45, 2.75) is 64.6 Å². The summed E-state index contributed by atoms with van der Waals surface area (Å²) in [5, 5.41) is 3.31. The number of hydrogen-bond acceptors (Lipinski definition) is 4. The first-order valence-corrected chi connectivity index (χ1v) is 15.6. The molecule has 0 spiro atoms. The number of halogens is 2. The Balaban J connectivity index is 2.04. The first kappa shape index (κ1) is 31.6. The van der Waals surface area contributed by atoms with Crippen LogP contribution in [0.4, 0.5) is 5.69 Å². The molecule has 214 valence electrons. The van der Waals surface area contributed by atoms with Crippen LogP contribution in [-0.2, 0) is 26.2 Å². The molecule has 2 amide bonds. The van der Waals surface area contributed by atoms with Gasteiger partial charge in [-0.25, -0.2) is 8.42 Å². The van der Waals surface area contributed by atoms with Crippen LogP contribution < -0.4 is 9.62 Å². The lowest BCUT2D eigenvalue weighted by molar-refractivity contribution is -0.139. The third kappa shape index (κ3) is 7.86. The Hall–Kier alpha value is -2.88. The first-order valence-electron chi connectivity index (χ1n) is 13.0. The average molecular weight is 649 g/mol. The van der Waals surface area contributed by atoms with E-state index in [2.05, 4.69) is 21.2 Å². The van der Waals surface area contributed by atoms with Crippen LogP contribution in [0.3, 0.4) is 0 Å². The van der Waals surface area contributed by atoms with Gasteiger partial charge in [-0.2, -0.15) is 0 Å². The standard InChI is InChI=1S/C30H35BrClN3O4S/c1-6-22(4)33-30(37)23(5)34(18-24-10-12-25(31)13-11-24)29(36)19-35(26-14-9-21(3)28(32)17-26)40(38,39)27-15-7-20(2)8-16-27/h7-17,22-23H,6,18-19H2,1-5H3,(H,33,37)/t22-,23+/m0/s1. The second-order valence-electron chi connectivity index (χ2n) is 9.90. The summed E-state index contributed by atoms with van der Waals surface area (Å²) in [6.45, 7) is 8.78. The minimum Gasteiger partial charge on any atom is -0.352 e. The normalized spacial score (nSPS) is 12.9. The minimum absolute atomic E-state index is 0.0459. The van der Waals surface area contributed by atoms with Gasteiger partial charge in [-0.15, -0.1) is 0 Å². The van der Waals surface area contributed by atoms with Crippen molar-refractivity contribution >= 4 is 55.1 Å². The van der Waals surface area contributed by atoms with Crippen LogP contribution >= 0.6 is 27.5 Å². The predicted octanol–water partition coefficient (Wildman–Crippen LogP) is 6.25. The fraction of sp³-hybridized carbons (Fsp3) is 0.333. The second-order valence-corrected chi connectivity index (χ2v) is 13.1. The molecule has 10 heteroatoms. The maximum Gasteiger partial charge on any atom is 0.264 e. The van der Waals surface area contributed by atoms with E-state index in [0.717, 1.165) is 31.9 Å². The zero-order valence-electron chi connectivity index (χ0n) is 23.3. The van der Waals surface area contributed by atoms with Crippen LogP contribution in [0.5, 0.6) is 0 Å². The van der Waals surface area contributed by atoms with Gasteiger partial charge in [-0.3, -0.25) is 13.9 Å². The molecule has 1 N–H and O–H groups in total. The Morgan fingerprint density at radius 2 is 1.60 bits per heavy atom. The van der Waals surface area contributed by atoms with E-state index in [9.17, 15) is 18.0 Å². The van der Waals surface area contributed by atoms with Gasteiger partial charge in [0.15, 0.2) is 0 Å². The van der Waals surface area contributed by atoms with Crippen molar-refractivity contribution in [3.05, 3.63) is 92.9 Å². The van der Waals surface area contributed by atoms with Crippen molar-refractivity contribution in [2.75, 3.05) is 10.8 Å². The average Bonchev–Trinajstić information content (AvgIpc) is 2.92. The lowest BCUT2D eigenvalue weighted by Gasteiger charge is -2.32. The van der Waals surface area contributed by atoms with Crippen molar-refractivity contribution in [1.29, 1.82) is 0 Å². The highest BCUT2D eigenvalue weighted by Crippen LogP contribution is 2.29. The number of amides is 2. The molecule has 0 saturated carbocycles. The molecule has 0 aliphatic rings. The Bertz CT molecular complexity index is 1450. The molecule has 3 aromatic carbocycles. The summed E-state index contributed by atoms with van der Waals surface area (Å²) >= 11 is 9.79. The molecule has 7 nitrogen and oxygen atoms in total. The molecule has 0 unspecified atom stereocenters. The van der Waals surface area contributed by atoms with Gasteiger partial charge in [0.25, 0.3) is 10.0 Å². The van der Waals surface area contributed by atoms with E-state index >= 15 is 0 Å². The lowest BCUT2D eigenvalue weighted by Crippen LogP contribution is -2.52. The number of carbonyl (C=O) groups is 2. The van der Waals surface area contributed by atoms with Crippen LogP contribution in [0.2, 0.25) is 5.02 Å². The number of sulfonamides is 1. The van der Waals surface area contributed by atoms with Crippen LogP contribution in [0.25, 0.3) is 0 Å². The predicted molar refractivity (Wildman–Crippen MR) is 164 cm³/mol. The number of aryl methyl sites for hydroxylation is 2. The molecule has 0 aliphatic heterocycles. The summed E-state index contributed by atoms with van der Waals surface area (Å²) in [6.07, 6.45) is 0.732. The van der Waals surface area contributed by atoms with E-state index in [1.54, 1.807) is 31.2 Å². The van der Waals surface area contributed by atoms with Gasteiger partial charge in [0.05, 0.1) is 10.6 Å². The molecule has 0 bridgehead atoms. The molecule has 40 heavy (non-hydrogen) atoms. The fourth-order valence-corrected chi connectivity index (χ4v) is 5.78. The van der Waals surface area contributed by atoms with Crippen LogP contribution in [-0.4, -0.2) is 43.8 Å². The molecule has 0 saturated heterocycles. The van der Waals surface area contributed by atoms with Gasteiger partial charge >= 0.3 is 0 Å². The van der Waals surface area contributed by atoms with Crippen LogP contribution in [0, 0.1) is 13.8 Å². The van der Waals surface area contributed by atoms with Crippen LogP contribution in [0.15, 0.2) is 76.1 Å². The van der Waals surface area contributed by atoms with Crippen molar-refractivity contribution < 1.29 is 18.0 Å². The third-order valence-corrected chi connectivity index (χ3v) is 9.49. The quantitative estimate of drug-likeness (QED) is 0.267. The number of nitrogens with zero attached hydrogens (tertiary/aromatic N) is 2. The summed E-state index contributed by atoms with van der Waals surface area (Å²) in [6, 6.07) is 17.8. The van der Waals surface area contributed by atoms with Gasteiger partial charge in [-0.1, -0.05) is 70.3 Å². The van der Waals surface area contributed by atoms with Gasteiger partial charge in [0.1, 0.15) is 12.6 Å². The highest BCUT2D eigenvalue weighted by Gasteiger charge is 2.33. The monoisotopic (exact) mass is 647 g/mol. The maximum absolute atomic E-state index is 14.0. The highest BCUT2D eigenvalue weighted by atomic mass is 79.9. The number of rotatable bonds is 11. The van der Waals surface area contributed by atoms with E-state index < -0.39 is 28.5 Å². The van der Waals surface area contributed by atoms with E-state index in [4.69, 9.17) is 11.6 Å². The molecule has 0 aromatic heterocycles. The Morgan fingerprint density at radius 1 is 0.975 bits per heavy atom. The van der Waals surface area contributed by atoms with Gasteiger partial charge in [0, 0.05) is 22.1 Å². The lowest BCUT2D eigenvalue weighted by atomic mass is 10.1.